The average molecular weight is 299 g/mol. The van der Waals surface area contributed by atoms with Gasteiger partial charge in [0.05, 0.1) is 16.3 Å². The van der Waals surface area contributed by atoms with Gasteiger partial charge in [0.15, 0.2) is 0 Å². The van der Waals surface area contributed by atoms with Crippen LogP contribution in [0, 0.1) is 5.92 Å². The molecule has 0 heterocycles. The average Bonchev–Trinajstić information content (AvgIpc) is 2.37. The molecule has 1 unspecified atom stereocenters. The Labute approximate surface area is 122 Å². The molecule has 0 aliphatic rings. The molecular formula is C14H25N3O2S. The number of nitrogen functional groups attached to an aromatic ring is 1. The molecule has 3 N–H and O–H groups in total. The Kier molecular flexibility index (Phi) is 5.42. The molecule has 0 aromatic heterocycles. The van der Waals surface area contributed by atoms with Gasteiger partial charge in [-0.05, 0) is 44.5 Å². The summed E-state index contributed by atoms with van der Waals surface area (Å²) in [5.41, 5.74) is 7.33. The Morgan fingerprint density at radius 1 is 1.30 bits per heavy atom. The molecule has 0 saturated heterocycles. The van der Waals surface area contributed by atoms with E-state index in [9.17, 15) is 8.42 Å². The lowest BCUT2D eigenvalue weighted by Gasteiger charge is -2.29. The second-order valence-electron chi connectivity index (χ2n) is 5.52. The molecule has 0 spiro atoms. The molecule has 0 saturated carbocycles. The number of anilines is 2. The maximum absolute atomic E-state index is 11.7. The first-order valence-electron chi connectivity index (χ1n) is 6.75. The number of nitrogens with two attached hydrogens (primary N) is 1. The van der Waals surface area contributed by atoms with Gasteiger partial charge in [-0.3, -0.25) is 0 Å². The van der Waals surface area contributed by atoms with Gasteiger partial charge < -0.3 is 10.6 Å². The topological polar surface area (TPSA) is 75.4 Å². The van der Waals surface area contributed by atoms with Gasteiger partial charge in [0.25, 0.3) is 0 Å². The second kappa shape index (κ2) is 6.45. The van der Waals surface area contributed by atoms with Gasteiger partial charge in [0.1, 0.15) is 0 Å². The van der Waals surface area contributed by atoms with E-state index >= 15 is 0 Å². The highest BCUT2D eigenvalue weighted by atomic mass is 32.2. The molecule has 1 rings (SSSR count). The summed E-state index contributed by atoms with van der Waals surface area (Å²) in [6.45, 7) is 6.49. The van der Waals surface area contributed by atoms with Crippen LogP contribution in [0.25, 0.3) is 0 Å². The number of rotatable bonds is 6. The summed E-state index contributed by atoms with van der Waals surface area (Å²) < 4.78 is 25.8. The van der Waals surface area contributed by atoms with Gasteiger partial charge in [-0.2, -0.15) is 0 Å². The molecule has 1 aromatic rings. The third kappa shape index (κ3) is 3.86. The molecule has 1 aromatic carbocycles. The van der Waals surface area contributed by atoms with Crippen LogP contribution in [0.5, 0.6) is 0 Å². The van der Waals surface area contributed by atoms with E-state index in [1.165, 1.54) is 13.1 Å². The van der Waals surface area contributed by atoms with E-state index in [1.54, 1.807) is 12.1 Å². The number of hydrogen-bond donors (Lipinski definition) is 2. The Morgan fingerprint density at radius 2 is 1.90 bits per heavy atom. The summed E-state index contributed by atoms with van der Waals surface area (Å²) in [5, 5.41) is 0. The van der Waals surface area contributed by atoms with Crippen molar-refractivity contribution in [2.75, 3.05) is 24.7 Å². The van der Waals surface area contributed by atoms with Crippen molar-refractivity contribution in [1.29, 1.82) is 0 Å². The number of hydrogen-bond acceptors (Lipinski definition) is 4. The van der Waals surface area contributed by atoms with Crippen LogP contribution in [0.4, 0.5) is 11.4 Å². The lowest BCUT2D eigenvalue weighted by atomic mass is 10.0. The van der Waals surface area contributed by atoms with Crippen LogP contribution < -0.4 is 15.4 Å². The highest BCUT2D eigenvalue weighted by molar-refractivity contribution is 7.89. The minimum Gasteiger partial charge on any atom is -0.397 e. The van der Waals surface area contributed by atoms with Gasteiger partial charge in [-0.15, -0.1) is 0 Å². The molecule has 5 nitrogen and oxygen atoms in total. The van der Waals surface area contributed by atoms with E-state index in [1.807, 2.05) is 7.05 Å². The first-order chi connectivity index (χ1) is 9.19. The van der Waals surface area contributed by atoms with Crippen LogP contribution in [0.15, 0.2) is 23.1 Å². The third-order valence-electron chi connectivity index (χ3n) is 3.43. The molecule has 0 radical (unpaired) electrons. The van der Waals surface area contributed by atoms with Crippen molar-refractivity contribution in [3.05, 3.63) is 18.2 Å². The molecule has 6 heteroatoms. The van der Waals surface area contributed by atoms with Gasteiger partial charge in [0, 0.05) is 13.1 Å². The van der Waals surface area contributed by atoms with E-state index in [0.717, 1.165) is 12.1 Å². The summed E-state index contributed by atoms with van der Waals surface area (Å²) in [5.74, 6) is 0.595. The fraction of sp³-hybridized carbons (Fsp3) is 0.571. The molecule has 0 bridgehead atoms. The first kappa shape index (κ1) is 16.8. The van der Waals surface area contributed by atoms with Crippen molar-refractivity contribution in [2.24, 2.45) is 5.92 Å². The Bertz CT molecular complexity index is 556. The fourth-order valence-corrected chi connectivity index (χ4v) is 2.98. The van der Waals surface area contributed by atoms with Crippen LogP contribution in [-0.2, 0) is 10.0 Å². The van der Waals surface area contributed by atoms with E-state index < -0.39 is 10.0 Å². The summed E-state index contributed by atoms with van der Waals surface area (Å²) in [6.07, 6.45) is 1.05. The SMILES string of the molecule is CNS(=O)(=O)c1ccc(N(C)C(C)CC(C)C)c(N)c1. The molecule has 0 aliphatic carbocycles. The van der Waals surface area contributed by atoms with Crippen molar-refractivity contribution in [2.45, 2.75) is 38.1 Å². The largest absolute Gasteiger partial charge is 0.397 e. The van der Waals surface area contributed by atoms with Gasteiger partial charge in [-0.1, -0.05) is 13.8 Å². The molecule has 0 aliphatic heterocycles. The van der Waals surface area contributed by atoms with Crippen LogP contribution in [-0.4, -0.2) is 28.6 Å². The zero-order valence-corrected chi connectivity index (χ0v) is 13.7. The van der Waals surface area contributed by atoms with Crippen molar-refractivity contribution in [3.8, 4) is 0 Å². The molecule has 0 amide bonds. The minimum absolute atomic E-state index is 0.186. The van der Waals surface area contributed by atoms with Crippen LogP contribution in [0.2, 0.25) is 0 Å². The Morgan fingerprint density at radius 3 is 2.35 bits per heavy atom. The van der Waals surface area contributed by atoms with Crippen LogP contribution in [0.1, 0.15) is 27.2 Å². The number of sulfonamides is 1. The van der Waals surface area contributed by atoms with Gasteiger partial charge in [-0.25, -0.2) is 13.1 Å². The van der Waals surface area contributed by atoms with Gasteiger partial charge >= 0.3 is 0 Å². The monoisotopic (exact) mass is 299 g/mol. The van der Waals surface area contributed by atoms with E-state index in [2.05, 4.69) is 30.4 Å². The quantitative estimate of drug-likeness (QED) is 0.788. The smallest absolute Gasteiger partial charge is 0.240 e. The van der Waals surface area contributed by atoms with Crippen LogP contribution in [0.3, 0.4) is 0 Å². The summed E-state index contributed by atoms with van der Waals surface area (Å²) in [4.78, 5) is 2.27. The van der Waals surface area contributed by atoms with Crippen LogP contribution >= 0.6 is 0 Å². The summed E-state index contributed by atoms with van der Waals surface area (Å²) in [6, 6.07) is 5.18. The van der Waals surface area contributed by atoms with E-state index in [4.69, 9.17) is 5.73 Å². The molecular weight excluding hydrogens is 274 g/mol. The van der Waals surface area contributed by atoms with Crippen molar-refractivity contribution in [1.82, 2.24) is 4.72 Å². The van der Waals surface area contributed by atoms with Crippen molar-refractivity contribution >= 4 is 21.4 Å². The predicted molar refractivity (Wildman–Crippen MR) is 84.4 cm³/mol. The third-order valence-corrected chi connectivity index (χ3v) is 4.84. The fourth-order valence-electron chi connectivity index (χ4n) is 2.22. The van der Waals surface area contributed by atoms with E-state index in [0.29, 0.717) is 17.6 Å². The normalized spacial score (nSPS) is 13.5. The maximum atomic E-state index is 11.7. The lowest BCUT2D eigenvalue weighted by molar-refractivity contribution is 0.504. The standard InChI is InChI=1S/C14H25N3O2S/c1-10(2)8-11(3)17(5)14-7-6-12(9-13(14)15)20(18,19)16-4/h6-7,9-11,16H,8,15H2,1-5H3. The molecule has 114 valence electrons. The van der Waals surface area contributed by atoms with Gasteiger partial charge in [0.2, 0.25) is 10.0 Å². The zero-order valence-electron chi connectivity index (χ0n) is 12.8. The zero-order chi connectivity index (χ0) is 15.5. The highest BCUT2D eigenvalue weighted by Gasteiger charge is 2.17. The number of benzene rings is 1. The Balaban J connectivity index is 3.05. The summed E-state index contributed by atoms with van der Waals surface area (Å²) in [7, 11) is -0.0886. The molecule has 0 fully saturated rings. The number of nitrogens with one attached hydrogen (secondary N) is 1. The maximum Gasteiger partial charge on any atom is 0.240 e. The highest BCUT2D eigenvalue weighted by Crippen LogP contribution is 2.28. The minimum atomic E-state index is -3.45. The van der Waals surface area contributed by atoms with Crippen molar-refractivity contribution < 1.29 is 8.42 Å². The lowest BCUT2D eigenvalue weighted by Crippen LogP contribution is -2.30. The number of nitrogens with zero attached hydrogens (tertiary/aromatic N) is 1. The summed E-state index contributed by atoms with van der Waals surface area (Å²) >= 11 is 0. The molecule has 1 atom stereocenters. The van der Waals surface area contributed by atoms with E-state index in [-0.39, 0.29) is 4.90 Å². The molecule has 20 heavy (non-hydrogen) atoms. The van der Waals surface area contributed by atoms with Crippen molar-refractivity contribution in [3.63, 3.8) is 0 Å². The second-order valence-corrected chi connectivity index (χ2v) is 7.40. The predicted octanol–water partition coefficient (Wildman–Crippen LogP) is 2.05. The Hall–Kier alpha value is -1.27. The first-order valence-corrected chi connectivity index (χ1v) is 8.23.